The van der Waals surface area contributed by atoms with E-state index in [0.29, 0.717) is 26.2 Å². The predicted octanol–water partition coefficient (Wildman–Crippen LogP) is 6.56. The second-order valence-electron chi connectivity index (χ2n) is 6.10. The summed E-state index contributed by atoms with van der Waals surface area (Å²) < 4.78 is 6.26. The third kappa shape index (κ3) is 3.67. The van der Waals surface area contributed by atoms with Gasteiger partial charge in [-0.25, -0.2) is 4.79 Å². The fraction of sp³-hybridized carbons (Fsp3) is 0.238. The Balaban J connectivity index is 2.30. The molecule has 0 bridgehead atoms. The highest BCUT2D eigenvalue weighted by molar-refractivity contribution is 7.71. The van der Waals surface area contributed by atoms with Crippen LogP contribution in [0.2, 0.25) is 5.02 Å². The van der Waals surface area contributed by atoms with Crippen LogP contribution in [0.4, 0.5) is 0 Å². The average Bonchev–Trinajstić information content (AvgIpc) is 2.65. The second kappa shape index (κ2) is 8.02. The zero-order valence-corrected chi connectivity index (χ0v) is 16.3. The summed E-state index contributed by atoms with van der Waals surface area (Å²) in [5.74, 6) is -0.370. The third-order valence-corrected chi connectivity index (χ3v) is 4.97. The van der Waals surface area contributed by atoms with Crippen molar-refractivity contribution in [3.05, 3.63) is 63.8 Å². The minimum absolute atomic E-state index is 0.127. The number of nitrogens with one attached hydrogen (secondary N) is 1. The lowest BCUT2D eigenvalue weighted by Gasteiger charge is -2.18. The van der Waals surface area contributed by atoms with Crippen molar-refractivity contribution in [2.24, 2.45) is 0 Å². The molecule has 0 unspecified atom stereocenters. The van der Waals surface area contributed by atoms with Gasteiger partial charge in [0.15, 0.2) is 0 Å². The van der Waals surface area contributed by atoms with Crippen LogP contribution in [0, 0.1) is 4.64 Å². The molecule has 1 heterocycles. The van der Waals surface area contributed by atoms with Crippen LogP contribution in [0.25, 0.3) is 22.0 Å². The summed E-state index contributed by atoms with van der Waals surface area (Å²) in [6.07, 6.45) is 1.40. The number of fused-ring (bicyclic) bond motifs is 1. The molecule has 0 atom stereocenters. The van der Waals surface area contributed by atoms with Gasteiger partial charge < -0.3 is 9.72 Å². The standard InChI is InChI=1S/C21H20ClNO2S/c1-3-15(4-2)25-21(24)19-16-12-14(22)10-11-17(16)23-20(26)18(19)13-8-6-5-7-9-13/h5-12,15H,3-4H2,1-2H3,(H,23,26). The number of hydrogen-bond acceptors (Lipinski definition) is 3. The summed E-state index contributed by atoms with van der Waals surface area (Å²) >= 11 is 11.8. The van der Waals surface area contributed by atoms with Gasteiger partial charge in [0.2, 0.25) is 0 Å². The largest absolute Gasteiger partial charge is 0.459 e. The monoisotopic (exact) mass is 385 g/mol. The lowest BCUT2D eigenvalue weighted by Crippen LogP contribution is -2.18. The minimum Gasteiger partial charge on any atom is -0.459 e. The van der Waals surface area contributed by atoms with E-state index >= 15 is 0 Å². The Morgan fingerprint density at radius 3 is 2.50 bits per heavy atom. The van der Waals surface area contributed by atoms with E-state index in [1.165, 1.54) is 0 Å². The van der Waals surface area contributed by atoms with Crippen LogP contribution in [0.15, 0.2) is 48.5 Å². The van der Waals surface area contributed by atoms with Gasteiger partial charge in [-0.2, -0.15) is 0 Å². The molecule has 3 aromatic rings. The highest BCUT2D eigenvalue weighted by Gasteiger charge is 2.22. The number of hydrogen-bond donors (Lipinski definition) is 1. The van der Waals surface area contributed by atoms with Gasteiger partial charge in [0.1, 0.15) is 10.7 Å². The van der Waals surface area contributed by atoms with Crippen LogP contribution < -0.4 is 0 Å². The molecule has 0 fully saturated rings. The van der Waals surface area contributed by atoms with Crippen LogP contribution in [0.1, 0.15) is 37.0 Å². The number of carbonyl (C=O) groups excluding carboxylic acids is 1. The highest BCUT2D eigenvalue weighted by Crippen LogP contribution is 2.32. The average molecular weight is 386 g/mol. The molecule has 0 aliphatic heterocycles. The molecule has 26 heavy (non-hydrogen) atoms. The number of rotatable bonds is 5. The Bertz CT molecular complexity index is 994. The maximum Gasteiger partial charge on any atom is 0.339 e. The first-order valence-corrected chi connectivity index (χ1v) is 9.45. The van der Waals surface area contributed by atoms with Crippen LogP contribution in [0.3, 0.4) is 0 Å². The first-order valence-electron chi connectivity index (χ1n) is 8.67. The van der Waals surface area contributed by atoms with E-state index in [2.05, 4.69) is 4.98 Å². The van der Waals surface area contributed by atoms with Gasteiger partial charge in [-0.15, -0.1) is 0 Å². The Kier molecular flexibility index (Phi) is 5.74. The number of aromatic nitrogens is 1. The van der Waals surface area contributed by atoms with Crippen molar-refractivity contribution in [2.45, 2.75) is 32.8 Å². The molecule has 0 saturated carbocycles. The summed E-state index contributed by atoms with van der Waals surface area (Å²) in [6, 6.07) is 15.0. The predicted molar refractivity (Wildman–Crippen MR) is 109 cm³/mol. The number of carbonyl (C=O) groups is 1. The van der Waals surface area contributed by atoms with Crippen molar-refractivity contribution in [1.29, 1.82) is 0 Å². The van der Waals surface area contributed by atoms with Gasteiger partial charge in [0, 0.05) is 21.5 Å². The maximum atomic E-state index is 13.1. The molecule has 0 saturated heterocycles. The van der Waals surface area contributed by atoms with Gasteiger partial charge in [0.05, 0.1) is 5.56 Å². The van der Waals surface area contributed by atoms with Crippen molar-refractivity contribution in [3.8, 4) is 11.1 Å². The van der Waals surface area contributed by atoms with E-state index in [1.54, 1.807) is 12.1 Å². The number of ether oxygens (including phenoxy) is 1. The van der Waals surface area contributed by atoms with E-state index in [-0.39, 0.29) is 12.1 Å². The lowest BCUT2D eigenvalue weighted by molar-refractivity contribution is 0.0287. The molecule has 1 N–H and O–H groups in total. The van der Waals surface area contributed by atoms with Crippen LogP contribution >= 0.6 is 23.8 Å². The fourth-order valence-corrected chi connectivity index (χ4v) is 3.53. The summed E-state index contributed by atoms with van der Waals surface area (Å²) in [7, 11) is 0. The quantitative estimate of drug-likeness (QED) is 0.399. The summed E-state index contributed by atoms with van der Waals surface area (Å²) in [5.41, 5.74) is 2.76. The van der Waals surface area contributed by atoms with Gasteiger partial charge in [0.25, 0.3) is 0 Å². The highest BCUT2D eigenvalue weighted by atomic mass is 35.5. The Morgan fingerprint density at radius 2 is 1.85 bits per heavy atom. The summed E-state index contributed by atoms with van der Waals surface area (Å²) in [4.78, 5) is 16.3. The number of aromatic amines is 1. The van der Waals surface area contributed by atoms with Gasteiger partial charge >= 0.3 is 5.97 Å². The molecule has 134 valence electrons. The van der Waals surface area contributed by atoms with Crippen molar-refractivity contribution in [2.75, 3.05) is 0 Å². The van der Waals surface area contributed by atoms with Crippen LogP contribution in [-0.4, -0.2) is 17.1 Å². The first kappa shape index (κ1) is 18.6. The molecule has 3 rings (SSSR count). The lowest BCUT2D eigenvalue weighted by atomic mass is 9.97. The van der Waals surface area contributed by atoms with Crippen molar-refractivity contribution in [1.82, 2.24) is 4.98 Å². The second-order valence-corrected chi connectivity index (χ2v) is 6.95. The molecule has 0 aliphatic carbocycles. The maximum absolute atomic E-state index is 13.1. The summed E-state index contributed by atoms with van der Waals surface area (Å²) in [6.45, 7) is 4.01. The van der Waals surface area contributed by atoms with Gasteiger partial charge in [-0.05, 0) is 36.6 Å². The number of benzene rings is 2. The topological polar surface area (TPSA) is 42.1 Å². The van der Waals surface area contributed by atoms with E-state index < -0.39 is 0 Å². The van der Waals surface area contributed by atoms with Gasteiger partial charge in [-0.1, -0.05) is 68.0 Å². The van der Waals surface area contributed by atoms with E-state index in [0.717, 1.165) is 23.9 Å². The molecule has 1 aromatic heterocycles. The number of esters is 1. The smallest absolute Gasteiger partial charge is 0.339 e. The van der Waals surface area contributed by atoms with E-state index in [4.69, 9.17) is 28.6 Å². The molecule has 2 aromatic carbocycles. The number of H-pyrrole nitrogens is 1. The zero-order valence-electron chi connectivity index (χ0n) is 14.7. The Morgan fingerprint density at radius 1 is 1.15 bits per heavy atom. The molecule has 0 aliphatic rings. The normalized spacial score (nSPS) is 11.1. The van der Waals surface area contributed by atoms with Crippen LogP contribution in [-0.2, 0) is 4.74 Å². The third-order valence-electron chi connectivity index (χ3n) is 4.43. The summed E-state index contributed by atoms with van der Waals surface area (Å²) in [5, 5.41) is 1.26. The molecule has 3 nitrogen and oxygen atoms in total. The molecule has 0 radical (unpaired) electrons. The number of pyridine rings is 1. The first-order chi connectivity index (χ1) is 12.5. The molecule has 5 heteroatoms. The minimum atomic E-state index is -0.370. The number of halogens is 1. The fourth-order valence-electron chi connectivity index (χ4n) is 3.02. The molecule has 0 spiro atoms. The van der Waals surface area contributed by atoms with E-state index in [9.17, 15) is 4.79 Å². The van der Waals surface area contributed by atoms with Crippen molar-refractivity contribution < 1.29 is 9.53 Å². The molecular formula is C21H20ClNO2S. The van der Waals surface area contributed by atoms with E-state index in [1.807, 2.05) is 50.2 Å². The Labute approximate surface area is 163 Å². The molecule has 0 amide bonds. The SMILES string of the molecule is CCC(CC)OC(=O)c1c(-c2ccccc2)c(=S)[nH]c2ccc(Cl)cc12. The van der Waals surface area contributed by atoms with Crippen molar-refractivity contribution in [3.63, 3.8) is 0 Å². The zero-order chi connectivity index (χ0) is 18.7. The van der Waals surface area contributed by atoms with Crippen LogP contribution in [0.5, 0.6) is 0 Å². The Hall–Kier alpha value is -2.17. The van der Waals surface area contributed by atoms with Gasteiger partial charge in [-0.3, -0.25) is 0 Å². The van der Waals surface area contributed by atoms with Crippen molar-refractivity contribution >= 4 is 40.7 Å². The molecular weight excluding hydrogens is 366 g/mol.